The largest absolute Gasteiger partial charge is 0.337 e. The molecular formula is C27H29ClN3OS3+. The maximum absolute atomic E-state index is 13.4. The van der Waals surface area contributed by atoms with E-state index < -0.39 is 0 Å². The SMILES string of the molecule is CC.CCn1c(=O)/c(=C2\Sc3cc(Cl)ccc3N2C)s/c1=C\c1scc[n+]1[C@H](C)c1ccccc1. The average molecular weight is 543 g/mol. The van der Waals surface area contributed by atoms with Crippen LogP contribution in [0.2, 0.25) is 5.02 Å². The number of hydrogen-bond acceptors (Lipinski definition) is 5. The predicted molar refractivity (Wildman–Crippen MR) is 152 cm³/mol. The van der Waals surface area contributed by atoms with E-state index in [-0.39, 0.29) is 11.6 Å². The fraction of sp³-hybridized carbons (Fsp3) is 0.259. The molecule has 5 rings (SSSR count). The Balaban J connectivity index is 0.00000141. The van der Waals surface area contributed by atoms with Gasteiger partial charge in [-0.25, -0.2) is 0 Å². The van der Waals surface area contributed by atoms with Gasteiger partial charge in [-0.1, -0.05) is 78.9 Å². The second-order valence-corrected chi connectivity index (χ2v) is 11.2. The lowest BCUT2D eigenvalue weighted by Gasteiger charge is -2.12. The van der Waals surface area contributed by atoms with Crippen molar-refractivity contribution in [3.8, 4) is 0 Å². The van der Waals surface area contributed by atoms with Crippen LogP contribution < -0.4 is 24.2 Å². The third-order valence-electron chi connectivity index (χ3n) is 5.83. The van der Waals surface area contributed by atoms with E-state index in [2.05, 4.69) is 58.3 Å². The molecule has 2 aromatic carbocycles. The lowest BCUT2D eigenvalue weighted by Crippen LogP contribution is -2.39. The van der Waals surface area contributed by atoms with E-state index in [9.17, 15) is 4.79 Å². The van der Waals surface area contributed by atoms with Gasteiger partial charge in [0.15, 0.2) is 12.2 Å². The maximum atomic E-state index is 13.4. The highest BCUT2D eigenvalue weighted by Crippen LogP contribution is 2.46. The van der Waals surface area contributed by atoms with Crippen LogP contribution in [0.25, 0.3) is 11.1 Å². The number of hydrogen-bond donors (Lipinski definition) is 0. The molecule has 0 unspecified atom stereocenters. The molecule has 0 saturated heterocycles. The van der Waals surface area contributed by atoms with Crippen molar-refractivity contribution in [1.82, 2.24) is 4.57 Å². The minimum Gasteiger partial charge on any atom is -0.337 e. The number of nitrogens with zero attached hydrogens (tertiary/aromatic N) is 3. The predicted octanol–water partition coefficient (Wildman–Crippen LogP) is 5.70. The van der Waals surface area contributed by atoms with Crippen LogP contribution in [0.3, 0.4) is 0 Å². The molecule has 0 amide bonds. The molecule has 0 spiro atoms. The van der Waals surface area contributed by atoms with Crippen LogP contribution in [0.4, 0.5) is 5.69 Å². The summed E-state index contributed by atoms with van der Waals surface area (Å²) in [6, 6.07) is 16.5. The van der Waals surface area contributed by atoms with E-state index in [4.69, 9.17) is 11.6 Å². The molecule has 1 aliphatic rings. The standard InChI is InChI=1S/C25H23ClN3OS3.C2H6/c1-4-28-22(15-21-29(12-13-31-21)16(2)17-8-6-5-7-9-17)33-23(24(28)30)25-27(3)19-11-10-18(26)14-20(19)32-25;1-2/h5-16H,4H2,1-3H3;1-2H3/q+1;/b25-23+;/t16-;/m1./s1. The van der Waals surface area contributed by atoms with Crippen LogP contribution in [-0.4, -0.2) is 11.6 Å². The third-order valence-corrected chi connectivity index (χ3v) is 9.36. The summed E-state index contributed by atoms with van der Waals surface area (Å²) in [6.45, 7) is 8.85. The van der Waals surface area contributed by atoms with Crippen molar-refractivity contribution in [3.05, 3.63) is 95.3 Å². The zero-order valence-electron chi connectivity index (χ0n) is 20.5. The topological polar surface area (TPSA) is 29.1 Å². The van der Waals surface area contributed by atoms with Gasteiger partial charge in [0, 0.05) is 36.0 Å². The Morgan fingerprint density at radius 1 is 1.14 bits per heavy atom. The summed E-state index contributed by atoms with van der Waals surface area (Å²) in [5, 5.41) is 4.88. The Hall–Kier alpha value is -2.32. The van der Waals surface area contributed by atoms with Crippen molar-refractivity contribution in [2.75, 3.05) is 11.9 Å². The van der Waals surface area contributed by atoms with Crippen LogP contribution in [0.1, 0.15) is 44.3 Å². The first kappa shape index (κ1) is 25.8. The van der Waals surface area contributed by atoms with Gasteiger partial charge in [-0.3, -0.25) is 9.36 Å². The van der Waals surface area contributed by atoms with Crippen molar-refractivity contribution < 1.29 is 4.57 Å². The molecule has 182 valence electrons. The summed E-state index contributed by atoms with van der Waals surface area (Å²) in [6.07, 6.45) is 4.26. The summed E-state index contributed by atoms with van der Waals surface area (Å²) in [5.41, 5.74) is 2.39. The van der Waals surface area contributed by atoms with Gasteiger partial charge in [-0.2, -0.15) is 4.57 Å². The number of halogens is 1. The molecule has 4 nitrogen and oxygen atoms in total. The molecule has 0 N–H and O–H groups in total. The number of thiazole rings is 2. The van der Waals surface area contributed by atoms with Gasteiger partial charge in [0.05, 0.1) is 17.1 Å². The molecule has 4 aromatic rings. The molecule has 0 bridgehead atoms. The van der Waals surface area contributed by atoms with E-state index in [1.807, 2.05) is 56.7 Å². The van der Waals surface area contributed by atoms with E-state index in [0.29, 0.717) is 11.6 Å². The Morgan fingerprint density at radius 3 is 2.60 bits per heavy atom. The molecule has 0 radical (unpaired) electrons. The lowest BCUT2D eigenvalue weighted by molar-refractivity contribution is -0.707. The van der Waals surface area contributed by atoms with Crippen molar-refractivity contribution in [2.45, 2.75) is 45.2 Å². The fourth-order valence-corrected chi connectivity index (χ4v) is 7.68. The van der Waals surface area contributed by atoms with Gasteiger partial charge in [0.25, 0.3) is 10.6 Å². The normalized spacial score (nSPS) is 15.6. The van der Waals surface area contributed by atoms with Crippen molar-refractivity contribution >= 4 is 62.8 Å². The average Bonchev–Trinajstić information content (AvgIpc) is 3.56. The van der Waals surface area contributed by atoms with Crippen molar-refractivity contribution in [1.29, 1.82) is 0 Å². The number of anilines is 1. The zero-order valence-corrected chi connectivity index (χ0v) is 23.7. The Labute approximate surface area is 223 Å². The molecule has 0 fully saturated rings. The molecule has 35 heavy (non-hydrogen) atoms. The number of thioether (sulfide) groups is 1. The number of aromatic nitrogens is 2. The highest BCUT2D eigenvalue weighted by Gasteiger charge is 2.25. The van der Waals surface area contributed by atoms with E-state index >= 15 is 0 Å². The first-order valence-electron chi connectivity index (χ1n) is 11.7. The highest BCUT2D eigenvalue weighted by molar-refractivity contribution is 8.08. The minimum atomic E-state index is 0.0567. The Morgan fingerprint density at radius 2 is 1.89 bits per heavy atom. The maximum Gasteiger partial charge on any atom is 0.271 e. The van der Waals surface area contributed by atoms with Crippen LogP contribution in [0.15, 0.2) is 69.8 Å². The molecule has 1 atom stereocenters. The van der Waals surface area contributed by atoms with Gasteiger partial charge < -0.3 is 4.90 Å². The molecule has 0 saturated carbocycles. The summed E-state index contributed by atoms with van der Waals surface area (Å²) < 4.78 is 5.87. The monoisotopic (exact) mass is 542 g/mol. The summed E-state index contributed by atoms with van der Waals surface area (Å²) in [7, 11) is 2.01. The van der Waals surface area contributed by atoms with Crippen LogP contribution in [0.5, 0.6) is 0 Å². The van der Waals surface area contributed by atoms with E-state index in [1.165, 1.54) is 5.56 Å². The van der Waals surface area contributed by atoms with Crippen molar-refractivity contribution in [2.24, 2.45) is 0 Å². The van der Waals surface area contributed by atoms with Gasteiger partial charge >= 0.3 is 0 Å². The van der Waals surface area contributed by atoms with E-state index in [0.717, 1.165) is 29.8 Å². The quantitative estimate of drug-likeness (QED) is 0.310. The molecule has 2 aromatic heterocycles. The summed E-state index contributed by atoms with van der Waals surface area (Å²) >= 11 is 11.1. The van der Waals surface area contributed by atoms with Gasteiger partial charge in [-0.15, -0.1) is 11.3 Å². The summed E-state index contributed by atoms with van der Waals surface area (Å²) in [5.74, 6) is 0. The lowest BCUT2D eigenvalue weighted by atomic mass is 10.1. The van der Waals surface area contributed by atoms with Crippen LogP contribution in [-0.2, 0) is 6.54 Å². The van der Waals surface area contributed by atoms with Crippen molar-refractivity contribution in [3.63, 3.8) is 0 Å². The smallest absolute Gasteiger partial charge is 0.271 e. The minimum absolute atomic E-state index is 0.0567. The highest BCUT2D eigenvalue weighted by atomic mass is 35.5. The molecule has 8 heteroatoms. The van der Waals surface area contributed by atoms with Crippen LogP contribution in [0, 0.1) is 0 Å². The Kier molecular flexibility index (Phi) is 8.22. The number of fused-ring (bicyclic) bond motifs is 1. The fourth-order valence-electron chi connectivity index (χ4n) is 4.02. The molecule has 1 aliphatic heterocycles. The Bertz CT molecular complexity index is 1500. The van der Waals surface area contributed by atoms with Gasteiger partial charge in [0.1, 0.15) is 14.2 Å². The zero-order chi connectivity index (χ0) is 25.1. The van der Waals surface area contributed by atoms with Gasteiger partial charge in [-0.05, 0) is 25.1 Å². The number of rotatable bonds is 4. The molecule has 3 heterocycles. The summed E-state index contributed by atoms with van der Waals surface area (Å²) in [4.78, 5) is 16.6. The van der Waals surface area contributed by atoms with E-state index in [1.54, 1.807) is 34.4 Å². The van der Waals surface area contributed by atoms with Gasteiger partial charge in [0.2, 0.25) is 0 Å². The second kappa shape index (κ2) is 11.2. The molecular weight excluding hydrogens is 514 g/mol. The first-order valence-corrected chi connectivity index (χ1v) is 14.6. The first-order chi connectivity index (χ1) is 17.0. The third kappa shape index (κ3) is 5.00. The molecule has 0 aliphatic carbocycles. The van der Waals surface area contributed by atoms with Crippen LogP contribution >= 0.6 is 46.0 Å². The number of benzene rings is 2. The second-order valence-electron chi connectivity index (χ2n) is 7.78.